The standard InChI is InChI=1S/C25H27N3O4/c1-15(2)24(30)27-20-8-6-5-7-18(20)26-19-13-25(3,4)14-21(29)22(19)23(27)16-9-11-17(12-10-16)28(31)32/h5-12,15,23,26H,13-14H2,1-4H3. The number of hydrogen-bond acceptors (Lipinski definition) is 5. The third kappa shape index (κ3) is 3.79. The Kier molecular flexibility index (Phi) is 5.36. The van der Waals surface area contributed by atoms with E-state index in [1.165, 1.54) is 12.1 Å². The summed E-state index contributed by atoms with van der Waals surface area (Å²) in [5.41, 5.74) is 3.24. The maximum Gasteiger partial charge on any atom is 0.269 e. The molecular formula is C25H27N3O4. The lowest BCUT2D eigenvalue weighted by atomic mass is 9.73. The number of nitrogens with zero attached hydrogens (tertiary/aromatic N) is 2. The van der Waals surface area contributed by atoms with Gasteiger partial charge in [0.15, 0.2) is 5.78 Å². The highest BCUT2D eigenvalue weighted by Gasteiger charge is 2.43. The van der Waals surface area contributed by atoms with Crippen LogP contribution in [0.5, 0.6) is 0 Å². The molecule has 0 spiro atoms. The van der Waals surface area contributed by atoms with Crippen molar-refractivity contribution in [1.82, 2.24) is 0 Å². The summed E-state index contributed by atoms with van der Waals surface area (Å²) in [4.78, 5) is 39.5. The largest absolute Gasteiger partial charge is 0.357 e. The number of para-hydroxylation sites is 2. The molecule has 2 aliphatic rings. The highest BCUT2D eigenvalue weighted by atomic mass is 16.6. The number of ketones is 1. The SMILES string of the molecule is CC(C)C(=O)N1c2ccccc2NC2=C(C(=O)CC(C)(C)C2)C1c1ccc([N+](=O)[O-])cc1. The molecule has 7 heteroatoms. The average molecular weight is 434 g/mol. The number of amides is 1. The molecule has 0 saturated heterocycles. The topological polar surface area (TPSA) is 92.6 Å². The van der Waals surface area contributed by atoms with E-state index in [9.17, 15) is 19.7 Å². The first-order valence-corrected chi connectivity index (χ1v) is 10.8. The smallest absolute Gasteiger partial charge is 0.269 e. The summed E-state index contributed by atoms with van der Waals surface area (Å²) in [6, 6.07) is 13.0. The summed E-state index contributed by atoms with van der Waals surface area (Å²) in [6.45, 7) is 7.78. The van der Waals surface area contributed by atoms with Gasteiger partial charge in [-0.25, -0.2) is 0 Å². The molecule has 0 fully saturated rings. The number of Topliss-reactive ketones (excluding diaryl/α,β-unsaturated/α-hetero) is 1. The van der Waals surface area contributed by atoms with E-state index in [4.69, 9.17) is 0 Å². The molecular weight excluding hydrogens is 406 g/mol. The lowest BCUT2D eigenvalue weighted by molar-refractivity contribution is -0.384. The number of rotatable bonds is 3. The molecule has 2 aromatic carbocycles. The first kappa shape index (κ1) is 21.7. The minimum Gasteiger partial charge on any atom is -0.357 e. The van der Waals surface area contributed by atoms with Gasteiger partial charge in [0.05, 0.1) is 22.3 Å². The van der Waals surface area contributed by atoms with Crippen molar-refractivity contribution in [1.29, 1.82) is 0 Å². The van der Waals surface area contributed by atoms with Gasteiger partial charge in [-0.2, -0.15) is 0 Å². The summed E-state index contributed by atoms with van der Waals surface area (Å²) in [5, 5.41) is 14.6. The van der Waals surface area contributed by atoms with Gasteiger partial charge < -0.3 is 5.32 Å². The number of carbonyl (C=O) groups is 2. The molecule has 1 unspecified atom stereocenters. The van der Waals surface area contributed by atoms with Crippen molar-refractivity contribution < 1.29 is 14.5 Å². The van der Waals surface area contributed by atoms with Crippen LogP contribution in [0.2, 0.25) is 0 Å². The minimum atomic E-state index is -0.666. The van der Waals surface area contributed by atoms with Gasteiger partial charge in [-0.1, -0.05) is 39.8 Å². The van der Waals surface area contributed by atoms with E-state index in [0.29, 0.717) is 29.7 Å². The summed E-state index contributed by atoms with van der Waals surface area (Å²) in [5.74, 6) is -0.434. The van der Waals surface area contributed by atoms with Crippen LogP contribution in [-0.4, -0.2) is 16.6 Å². The Labute approximate surface area is 187 Å². The van der Waals surface area contributed by atoms with Crippen LogP contribution in [0.4, 0.5) is 17.1 Å². The maximum atomic E-state index is 13.5. The normalized spacial score (nSPS) is 19.7. The number of nitrogens with one attached hydrogen (secondary N) is 1. The van der Waals surface area contributed by atoms with E-state index in [2.05, 4.69) is 19.2 Å². The van der Waals surface area contributed by atoms with Gasteiger partial charge in [0.25, 0.3) is 5.69 Å². The summed E-state index contributed by atoms with van der Waals surface area (Å²) < 4.78 is 0. The second-order valence-electron chi connectivity index (χ2n) is 9.59. The number of benzene rings is 2. The number of allylic oxidation sites excluding steroid dienone is 1. The molecule has 1 atom stereocenters. The monoisotopic (exact) mass is 433 g/mol. The zero-order valence-electron chi connectivity index (χ0n) is 18.7. The summed E-state index contributed by atoms with van der Waals surface area (Å²) in [7, 11) is 0. The van der Waals surface area contributed by atoms with Crippen molar-refractivity contribution in [3.8, 4) is 0 Å². The van der Waals surface area contributed by atoms with Gasteiger partial charge in [-0.05, 0) is 41.7 Å². The van der Waals surface area contributed by atoms with Crippen LogP contribution in [0, 0.1) is 21.4 Å². The van der Waals surface area contributed by atoms with Crippen LogP contribution in [0.25, 0.3) is 0 Å². The van der Waals surface area contributed by atoms with Crippen molar-refractivity contribution >= 4 is 28.8 Å². The van der Waals surface area contributed by atoms with E-state index in [0.717, 1.165) is 11.4 Å². The number of hydrogen-bond donors (Lipinski definition) is 1. The van der Waals surface area contributed by atoms with Gasteiger partial charge in [-0.3, -0.25) is 24.6 Å². The molecule has 1 aliphatic heterocycles. The molecule has 4 rings (SSSR count). The number of nitro benzene ring substituents is 1. The number of fused-ring (bicyclic) bond motifs is 1. The van der Waals surface area contributed by atoms with Crippen molar-refractivity contribution in [3.63, 3.8) is 0 Å². The molecule has 1 aliphatic carbocycles. The van der Waals surface area contributed by atoms with Crippen LogP contribution in [-0.2, 0) is 9.59 Å². The van der Waals surface area contributed by atoms with Crippen LogP contribution >= 0.6 is 0 Å². The van der Waals surface area contributed by atoms with E-state index in [-0.39, 0.29) is 28.7 Å². The Bertz CT molecular complexity index is 1130. The van der Waals surface area contributed by atoms with Crippen molar-refractivity contribution in [2.45, 2.75) is 46.6 Å². The van der Waals surface area contributed by atoms with Crippen molar-refractivity contribution in [2.24, 2.45) is 11.3 Å². The van der Waals surface area contributed by atoms with Gasteiger partial charge in [-0.15, -0.1) is 0 Å². The Morgan fingerprint density at radius 2 is 1.78 bits per heavy atom. The van der Waals surface area contributed by atoms with Crippen LogP contribution in [0.3, 0.4) is 0 Å². The molecule has 0 radical (unpaired) electrons. The van der Waals surface area contributed by atoms with Crippen molar-refractivity contribution in [2.75, 3.05) is 10.2 Å². The van der Waals surface area contributed by atoms with Crippen molar-refractivity contribution in [3.05, 3.63) is 75.5 Å². The zero-order chi connectivity index (χ0) is 23.2. The summed E-state index contributed by atoms with van der Waals surface area (Å²) >= 11 is 0. The molecule has 1 N–H and O–H groups in total. The average Bonchev–Trinajstić information content (AvgIpc) is 2.86. The third-order valence-corrected chi connectivity index (χ3v) is 6.05. The first-order chi connectivity index (χ1) is 15.1. The molecule has 166 valence electrons. The second-order valence-corrected chi connectivity index (χ2v) is 9.59. The van der Waals surface area contributed by atoms with Crippen LogP contribution in [0.15, 0.2) is 59.8 Å². The number of carbonyl (C=O) groups excluding carboxylic acids is 2. The Balaban J connectivity index is 2.00. The van der Waals surface area contributed by atoms with Gasteiger partial charge in [0.1, 0.15) is 0 Å². The zero-order valence-corrected chi connectivity index (χ0v) is 18.7. The Morgan fingerprint density at radius 1 is 1.12 bits per heavy atom. The predicted molar refractivity (Wildman–Crippen MR) is 123 cm³/mol. The fraction of sp³-hybridized carbons (Fsp3) is 0.360. The fourth-order valence-corrected chi connectivity index (χ4v) is 4.60. The van der Waals surface area contributed by atoms with Gasteiger partial charge >= 0.3 is 0 Å². The first-order valence-electron chi connectivity index (χ1n) is 10.8. The highest BCUT2D eigenvalue weighted by molar-refractivity contribution is 6.06. The number of nitro groups is 1. The lowest BCUT2D eigenvalue weighted by Gasteiger charge is -2.37. The Morgan fingerprint density at radius 3 is 2.41 bits per heavy atom. The quantitative estimate of drug-likeness (QED) is 0.517. The van der Waals surface area contributed by atoms with E-state index >= 15 is 0 Å². The second kappa shape index (κ2) is 7.89. The predicted octanol–water partition coefficient (Wildman–Crippen LogP) is 5.39. The van der Waals surface area contributed by atoms with Crippen LogP contribution < -0.4 is 10.2 Å². The molecule has 1 amide bonds. The molecule has 1 heterocycles. The highest BCUT2D eigenvalue weighted by Crippen LogP contribution is 2.48. The summed E-state index contributed by atoms with van der Waals surface area (Å²) in [6.07, 6.45) is 1.03. The van der Waals surface area contributed by atoms with Gasteiger partial charge in [0, 0.05) is 35.7 Å². The van der Waals surface area contributed by atoms with Crippen LogP contribution in [0.1, 0.15) is 52.1 Å². The van der Waals surface area contributed by atoms with E-state index < -0.39 is 11.0 Å². The third-order valence-electron chi connectivity index (χ3n) is 6.05. The van der Waals surface area contributed by atoms with E-state index in [1.807, 2.05) is 38.1 Å². The molecule has 2 aromatic rings. The minimum absolute atomic E-state index is 0.0125. The molecule has 0 bridgehead atoms. The fourth-order valence-electron chi connectivity index (χ4n) is 4.60. The maximum absolute atomic E-state index is 13.5. The van der Waals surface area contributed by atoms with E-state index in [1.54, 1.807) is 17.0 Å². The molecule has 0 aromatic heterocycles. The molecule has 32 heavy (non-hydrogen) atoms. The molecule has 7 nitrogen and oxygen atoms in total. The number of anilines is 2. The molecule has 0 saturated carbocycles. The van der Waals surface area contributed by atoms with Gasteiger partial charge in [0.2, 0.25) is 5.91 Å². The lowest BCUT2D eigenvalue weighted by Crippen LogP contribution is -2.41. The number of non-ortho nitro benzene ring substituents is 1. The Hall–Kier alpha value is -3.48.